The monoisotopic (exact) mass is 304 g/mol. The number of hydrogen-bond acceptors (Lipinski definition) is 2. The Labute approximate surface area is 109 Å². The third-order valence-electron chi connectivity index (χ3n) is 2.80. The molecule has 2 nitrogen and oxygen atoms in total. The number of benzene rings is 1. The molecule has 3 unspecified atom stereocenters. The fourth-order valence-electron chi connectivity index (χ4n) is 2.02. The van der Waals surface area contributed by atoms with Gasteiger partial charge in [0.15, 0.2) is 0 Å². The number of hydrogen-bond donors (Lipinski definition) is 1. The first-order valence-electron chi connectivity index (χ1n) is 5.32. The highest BCUT2D eigenvalue weighted by Gasteiger charge is 2.27. The molecule has 4 heteroatoms. The molecule has 3 atom stereocenters. The highest BCUT2D eigenvalue weighted by atomic mass is 79.9. The first-order chi connectivity index (χ1) is 7.59. The van der Waals surface area contributed by atoms with Crippen molar-refractivity contribution < 1.29 is 9.84 Å². The fraction of sp³-hybridized carbons (Fsp3) is 0.500. The van der Waals surface area contributed by atoms with E-state index in [0.29, 0.717) is 6.61 Å². The summed E-state index contributed by atoms with van der Waals surface area (Å²) < 4.78 is 5.76. The Morgan fingerprint density at radius 2 is 2.25 bits per heavy atom. The van der Waals surface area contributed by atoms with Crippen LogP contribution in [0.1, 0.15) is 35.4 Å². The van der Waals surface area contributed by atoms with Crippen LogP contribution in [-0.2, 0) is 4.74 Å². The highest BCUT2D eigenvalue weighted by Crippen LogP contribution is 2.40. The molecule has 0 bridgehead atoms. The lowest BCUT2D eigenvalue weighted by Crippen LogP contribution is -2.13. The maximum absolute atomic E-state index is 9.53. The maximum Gasteiger partial charge on any atom is 0.115 e. The van der Waals surface area contributed by atoms with Gasteiger partial charge in [-0.1, -0.05) is 22.0 Å². The summed E-state index contributed by atoms with van der Waals surface area (Å²) in [7, 11) is 0. The van der Waals surface area contributed by atoms with Crippen LogP contribution in [0.4, 0.5) is 0 Å². The van der Waals surface area contributed by atoms with Gasteiger partial charge < -0.3 is 9.84 Å². The minimum absolute atomic E-state index is 0.0823. The SMILES string of the molecule is CC(Cl)C1OCCC(Br)c2cc(O)ccc21. The second kappa shape index (κ2) is 4.94. The zero-order valence-electron chi connectivity index (χ0n) is 8.99. The molecule has 2 rings (SSSR count). The van der Waals surface area contributed by atoms with Gasteiger partial charge in [0, 0.05) is 11.4 Å². The third-order valence-corrected chi connectivity index (χ3v) is 3.98. The van der Waals surface area contributed by atoms with Crippen LogP contribution in [0.5, 0.6) is 5.75 Å². The molecule has 0 aromatic heterocycles. The number of alkyl halides is 2. The topological polar surface area (TPSA) is 29.5 Å². The second-order valence-electron chi connectivity index (χ2n) is 4.04. The van der Waals surface area contributed by atoms with E-state index in [2.05, 4.69) is 15.9 Å². The van der Waals surface area contributed by atoms with E-state index in [-0.39, 0.29) is 22.1 Å². The Morgan fingerprint density at radius 3 is 2.94 bits per heavy atom. The first kappa shape index (κ1) is 12.2. The van der Waals surface area contributed by atoms with E-state index < -0.39 is 0 Å². The summed E-state index contributed by atoms with van der Waals surface area (Å²) in [6.07, 6.45) is 0.788. The van der Waals surface area contributed by atoms with Gasteiger partial charge in [-0.25, -0.2) is 0 Å². The van der Waals surface area contributed by atoms with E-state index in [0.717, 1.165) is 17.5 Å². The number of phenolic OH excluding ortho intramolecular Hbond substituents is 1. The van der Waals surface area contributed by atoms with Crippen LogP contribution in [0.3, 0.4) is 0 Å². The average molecular weight is 306 g/mol. The molecule has 1 aromatic carbocycles. The van der Waals surface area contributed by atoms with Crippen molar-refractivity contribution in [2.75, 3.05) is 6.61 Å². The lowest BCUT2D eigenvalue weighted by atomic mass is 9.98. The van der Waals surface area contributed by atoms with E-state index in [9.17, 15) is 5.11 Å². The third kappa shape index (κ3) is 2.36. The minimum Gasteiger partial charge on any atom is -0.508 e. The van der Waals surface area contributed by atoms with Crippen molar-refractivity contribution >= 4 is 27.5 Å². The Balaban J connectivity index is 2.47. The van der Waals surface area contributed by atoms with Gasteiger partial charge in [-0.15, -0.1) is 11.6 Å². The van der Waals surface area contributed by atoms with Crippen LogP contribution in [0.25, 0.3) is 0 Å². The van der Waals surface area contributed by atoms with Crippen LogP contribution in [0.15, 0.2) is 18.2 Å². The quantitative estimate of drug-likeness (QED) is 0.797. The van der Waals surface area contributed by atoms with E-state index in [1.54, 1.807) is 12.1 Å². The summed E-state index contributed by atoms with van der Waals surface area (Å²) in [5, 5.41) is 9.45. The highest BCUT2D eigenvalue weighted by molar-refractivity contribution is 9.09. The molecule has 0 saturated carbocycles. The molecule has 1 aliphatic heterocycles. The van der Waals surface area contributed by atoms with Crippen molar-refractivity contribution in [3.63, 3.8) is 0 Å². The zero-order valence-corrected chi connectivity index (χ0v) is 11.3. The summed E-state index contributed by atoms with van der Waals surface area (Å²) in [5.74, 6) is 0.283. The maximum atomic E-state index is 9.53. The minimum atomic E-state index is -0.0974. The Morgan fingerprint density at radius 1 is 1.50 bits per heavy atom. The van der Waals surface area contributed by atoms with E-state index in [1.807, 2.05) is 13.0 Å². The van der Waals surface area contributed by atoms with Gasteiger partial charge in [0.25, 0.3) is 0 Å². The van der Waals surface area contributed by atoms with Gasteiger partial charge in [0.1, 0.15) is 5.75 Å². The van der Waals surface area contributed by atoms with Crippen molar-refractivity contribution in [1.29, 1.82) is 0 Å². The molecule has 16 heavy (non-hydrogen) atoms. The van der Waals surface area contributed by atoms with E-state index in [4.69, 9.17) is 16.3 Å². The van der Waals surface area contributed by atoms with Crippen molar-refractivity contribution in [2.45, 2.75) is 29.7 Å². The van der Waals surface area contributed by atoms with Crippen molar-refractivity contribution in [1.82, 2.24) is 0 Å². The number of aromatic hydroxyl groups is 1. The predicted molar refractivity (Wildman–Crippen MR) is 68.4 cm³/mol. The van der Waals surface area contributed by atoms with Crippen molar-refractivity contribution in [2.24, 2.45) is 0 Å². The van der Waals surface area contributed by atoms with E-state index in [1.165, 1.54) is 0 Å². The average Bonchev–Trinajstić information content (AvgIpc) is 2.39. The molecule has 0 spiro atoms. The van der Waals surface area contributed by atoms with Gasteiger partial charge in [-0.3, -0.25) is 0 Å². The molecular formula is C12H14BrClO2. The van der Waals surface area contributed by atoms with Crippen LogP contribution >= 0.6 is 27.5 Å². The van der Waals surface area contributed by atoms with Crippen molar-refractivity contribution in [3.8, 4) is 5.75 Å². The summed E-state index contributed by atoms with van der Waals surface area (Å²) in [6, 6.07) is 5.36. The molecule has 1 aliphatic rings. The van der Waals surface area contributed by atoms with Gasteiger partial charge in [-0.2, -0.15) is 0 Å². The Hall–Kier alpha value is -0.250. The number of fused-ring (bicyclic) bond motifs is 1. The molecule has 88 valence electrons. The van der Waals surface area contributed by atoms with Crippen LogP contribution in [0.2, 0.25) is 0 Å². The molecule has 1 N–H and O–H groups in total. The molecular weight excluding hydrogens is 291 g/mol. The number of phenols is 1. The molecule has 0 radical (unpaired) electrons. The van der Waals surface area contributed by atoms with E-state index >= 15 is 0 Å². The molecule has 0 fully saturated rings. The van der Waals surface area contributed by atoms with Crippen LogP contribution in [0, 0.1) is 0 Å². The lowest BCUT2D eigenvalue weighted by molar-refractivity contribution is 0.0564. The van der Waals surface area contributed by atoms with Gasteiger partial charge in [0.05, 0.1) is 11.5 Å². The summed E-state index contributed by atoms with van der Waals surface area (Å²) in [5.41, 5.74) is 2.15. The van der Waals surface area contributed by atoms with Gasteiger partial charge >= 0.3 is 0 Å². The van der Waals surface area contributed by atoms with Crippen molar-refractivity contribution in [3.05, 3.63) is 29.3 Å². The number of ether oxygens (including phenoxy) is 1. The summed E-state index contributed by atoms with van der Waals surface area (Å²) in [4.78, 5) is 0.218. The number of halogens is 2. The standard InChI is InChI=1S/C12H14BrClO2/c1-7(14)12-9-3-2-8(15)6-10(9)11(13)4-5-16-12/h2-3,6-7,11-12,15H,4-5H2,1H3. The Bertz CT molecular complexity index is 381. The number of rotatable bonds is 1. The molecule has 0 amide bonds. The fourth-order valence-corrected chi connectivity index (χ4v) is 2.81. The Kier molecular flexibility index (Phi) is 3.77. The lowest BCUT2D eigenvalue weighted by Gasteiger charge is -2.20. The first-order valence-corrected chi connectivity index (χ1v) is 6.67. The largest absolute Gasteiger partial charge is 0.508 e. The molecule has 0 saturated heterocycles. The molecule has 0 aliphatic carbocycles. The smallest absolute Gasteiger partial charge is 0.115 e. The summed E-state index contributed by atoms with van der Waals surface area (Å²) >= 11 is 9.76. The molecule has 1 heterocycles. The van der Waals surface area contributed by atoms with Gasteiger partial charge in [-0.05, 0) is 36.6 Å². The zero-order chi connectivity index (χ0) is 11.7. The van der Waals surface area contributed by atoms with Crippen LogP contribution in [-0.4, -0.2) is 17.1 Å². The summed E-state index contributed by atoms with van der Waals surface area (Å²) in [6.45, 7) is 2.60. The normalized spacial score (nSPS) is 26.9. The van der Waals surface area contributed by atoms with Crippen LogP contribution < -0.4 is 0 Å². The predicted octanol–water partition coefficient (Wildman–Crippen LogP) is 3.92. The van der Waals surface area contributed by atoms with Gasteiger partial charge in [0.2, 0.25) is 0 Å². The second-order valence-corrected chi connectivity index (χ2v) is 5.83. The molecule has 1 aromatic rings.